The van der Waals surface area contributed by atoms with Gasteiger partial charge in [0.2, 0.25) is 0 Å². The summed E-state index contributed by atoms with van der Waals surface area (Å²) in [7, 11) is 0. The Kier molecular flexibility index (Phi) is 5.96. The van der Waals surface area contributed by atoms with Gasteiger partial charge in [0.05, 0.1) is 0 Å². The molecule has 0 aliphatic carbocycles. The van der Waals surface area contributed by atoms with E-state index in [-0.39, 0.29) is 12.1 Å². The summed E-state index contributed by atoms with van der Waals surface area (Å²) < 4.78 is 5.38. The maximum absolute atomic E-state index is 12.0. The molecule has 5 heteroatoms. The van der Waals surface area contributed by atoms with Crippen molar-refractivity contribution in [3.05, 3.63) is 29.8 Å². The normalized spacial score (nSPS) is 19.0. The second-order valence-corrected chi connectivity index (χ2v) is 6.86. The molecule has 1 aromatic carbocycles. The van der Waals surface area contributed by atoms with E-state index >= 15 is 0 Å². The van der Waals surface area contributed by atoms with Crippen molar-refractivity contribution in [3.63, 3.8) is 0 Å². The molecule has 1 saturated heterocycles. The molecule has 1 fully saturated rings. The van der Waals surface area contributed by atoms with Crippen LogP contribution in [0.5, 0.6) is 0 Å². The van der Waals surface area contributed by atoms with Crippen LogP contribution in [0.25, 0.3) is 0 Å². The van der Waals surface area contributed by atoms with Gasteiger partial charge in [-0.2, -0.15) is 0 Å². The summed E-state index contributed by atoms with van der Waals surface area (Å²) in [5.74, 6) is 0.533. The summed E-state index contributed by atoms with van der Waals surface area (Å²) in [6, 6.07) is 8.76. The van der Waals surface area contributed by atoms with Gasteiger partial charge in [-0.15, -0.1) is 0 Å². The minimum absolute atomic E-state index is 0.0455. The molecule has 0 unspecified atom stereocenters. The predicted molar refractivity (Wildman–Crippen MR) is 96.5 cm³/mol. The monoisotopic (exact) mass is 331 g/mol. The number of benzene rings is 1. The first kappa shape index (κ1) is 17.1. The number of nitrogens with one attached hydrogen (secondary N) is 2. The number of carbonyl (C=O) groups is 1. The van der Waals surface area contributed by atoms with E-state index in [9.17, 15) is 4.79 Å². The topological polar surface area (TPSA) is 53.6 Å². The van der Waals surface area contributed by atoms with Crippen molar-refractivity contribution in [2.45, 2.75) is 38.6 Å². The van der Waals surface area contributed by atoms with E-state index in [4.69, 9.17) is 4.74 Å². The summed E-state index contributed by atoms with van der Waals surface area (Å²) in [5.41, 5.74) is 2.79. The molecule has 0 saturated carbocycles. The van der Waals surface area contributed by atoms with Crippen molar-refractivity contribution in [2.75, 3.05) is 37.7 Å². The number of anilines is 1. The highest BCUT2D eigenvalue weighted by Crippen LogP contribution is 2.27. The van der Waals surface area contributed by atoms with Gasteiger partial charge in [0, 0.05) is 44.6 Å². The minimum Gasteiger partial charge on any atom is -0.381 e. The fourth-order valence-corrected chi connectivity index (χ4v) is 3.70. The number of rotatable bonds is 6. The molecular formula is C19H29N3O2. The second kappa shape index (κ2) is 8.38. The fraction of sp³-hybridized carbons (Fsp3) is 0.632. The molecule has 2 aliphatic rings. The molecule has 2 heterocycles. The molecule has 0 radical (unpaired) electrons. The van der Waals surface area contributed by atoms with Gasteiger partial charge in [0.1, 0.15) is 0 Å². The SMILES string of the molecule is C[C@@H](NC(=O)NCCCN1CCc2ccccc21)C1CCOCC1. The van der Waals surface area contributed by atoms with Crippen LogP contribution in [-0.4, -0.2) is 44.9 Å². The number of fused-ring (bicyclic) bond motifs is 1. The molecule has 24 heavy (non-hydrogen) atoms. The number of para-hydroxylation sites is 1. The van der Waals surface area contributed by atoms with E-state index in [0.29, 0.717) is 12.5 Å². The third-order valence-corrected chi connectivity index (χ3v) is 5.21. The standard InChI is InChI=1S/C19H29N3O2/c1-15(16-8-13-24-14-9-16)21-19(23)20-10-4-11-22-12-7-17-5-2-3-6-18(17)22/h2-3,5-6,15-16H,4,7-14H2,1H3,(H2,20,21,23)/t15-/m1/s1. The van der Waals surface area contributed by atoms with Crippen LogP contribution in [0.1, 0.15) is 31.7 Å². The van der Waals surface area contributed by atoms with Crippen LogP contribution >= 0.6 is 0 Å². The highest BCUT2D eigenvalue weighted by molar-refractivity contribution is 5.74. The fourth-order valence-electron chi connectivity index (χ4n) is 3.70. The van der Waals surface area contributed by atoms with E-state index in [1.54, 1.807) is 0 Å². The Hall–Kier alpha value is -1.75. The smallest absolute Gasteiger partial charge is 0.315 e. The molecule has 3 rings (SSSR count). The number of ether oxygens (including phenoxy) is 1. The van der Waals surface area contributed by atoms with Gasteiger partial charge in [-0.25, -0.2) is 4.79 Å². The van der Waals surface area contributed by atoms with Gasteiger partial charge < -0.3 is 20.3 Å². The Bertz CT molecular complexity index is 543. The average molecular weight is 331 g/mol. The summed E-state index contributed by atoms with van der Waals surface area (Å²) in [4.78, 5) is 14.4. The number of hydrogen-bond donors (Lipinski definition) is 2. The third kappa shape index (κ3) is 4.41. The van der Waals surface area contributed by atoms with Gasteiger partial charge in [0.25, 0.3) is 0 Å². The maximum atomic E-state index is 12.0. The molecule has 1 atom stereocenters. The van der Waals surface area contributed by atoms with Crippen LogP contribution in [0.15, 0.2) is 24.3 Å². The van der Waals surface area contributed by atoms with Crippen LogP contribution in [0.4, 0.5) is 10.5 Å². The number of hydrogen-bond acceptors (Lipinski definition) is 3. The zero-order valence-corrected chi connectivity index (χ0v) is 14.6. The molecule has 0 spiro atoms. The molecule has 1 aromatic rings. The Morgan fingerprint density at radius 1 is 1.33 bits per heavy atom. The molecule has 0 aromatic heterocycles. The largest absolute Gasteiger partial charge is 0.381 e. The Morgan fingerprint density at radius 2 is 2.12 bits per heavy atom. The van der Waals surface area contributed by atoms with E-state index in [0.717, 1.165) is 52.0 Å². The van der Waals surface area contributed by atoms with Crippen LogP contribution in [0.3, 0.4) is 0 Å². The molecule has 0 bridgehead atoms. The summed E-state index contributed by atoms with van der Waals surface area (Å²) in [5, 5.41) is 6.07. The van der Waals surface area contributed by atoms with Crippen molar-refractivity contribution in [1.82, 2.24) is 10.6 Å². The summed E-state index contributed by atoms with van der Waals surface area (Å²) in [6.07, 6.45) is 4.17. The quantitative estimate of drug-likeness (QED) is 0.788. The zero-order chi connectivity index (χ0) is 16.8. The average Bonchev–Trinajstić information content (AvgIpc) is 3.03. The minimum atomic E-state index is -0.0455. The molecule has 5 nitrogen and oxygen atoms in total. The van der Waals surface area contributed by atoms with Crippen molar-refractivity contribution in [3.8, 4) is 0 Å². The number of amides is 2. The lowest BCUT2D eigenvalue weighted by Gasteiger charge is -2.28. The van der Waals surface area contributed by atoms with Gasteiger partial charge in [-0.1, -0.05) is 18.2 Å². The van der Waals surface area contributed by atoms with Gasteiger partial charge in [-0.05, 0) is 50.2 Å². The summed E-state index contributed by atoms with van der Waals surface area (Å²) >= 11 is 0. The molecular weight excluding hydrogens is 302 g/mol. The molecule has 132 valence electrons. The molecule has 2 aliphatic heterocycles. The highest BCUT2D eigenvalue weighted by Gasteiger charge is 2.22. The Balaban J connectivity index is 1.32. The van der Waals surface area contributed by atoms with Crippen molar-refractivity contribution < 1.29 is 9.53 Å². The second-order valence-electron chi connectivity index (χ2n) is 6.86. The number of carbonyl (C=O) groups excluding carboxylic acids is 1. The number of nitrogens with zero attached hydrogens (tertiary/aromatic N) is 1. The van der Waals surface area contributed by atoms with Crippen molar-refractivity contribution >= 4 is 11.7 Å². The van der Waals surface area contributed by atoms with E-state index < -0.39 is 0 Å². The lowest BCUT2D eigenvalue weighted by molar-refractivity contribution is 0.0571. The lowest BCUT2D eigenvalue weighted by atomic mass is 9.93. The number of urea groups is 1. The van der Waals surface area contributed by atoms with E-state index in [1.807, 2.05) is 0 Å². The molecule has 2 N–H and O–H groups in total. The Morgan fingerprint density at radius 3 is 2.96 bits per heavy atom. The predicted octanol–water partition coefficient (Wildman–Crippen LogP) is 2.55. The van der Waals surface area contributed by atoms with Crippen LogP contribution < -0.4 is 15.5 Å². The van der Waals surface area contributed by atoms with Crippen molar-refractivity contribution in [1.29, 1.82) is 0 Å². The van der Waals surface area contributed by atoms with Gasteiger partial charge >= 0.3 is 6.03 Å². The van der Waals surface area contributed by atoms with Crippen LogP contribution in [-0.2, 0) is 11.2 Å². The van der Waals surface area contributed by atoms with Crippen LogP contribution in [0, 0.1) is 5.92 Å². The lowest BCUT2D eigenvalue weighted by Crippen LogP contribution is -2.45. The zero-order valence-electron chi connectivity index (χ0n) is 14.6. The Labute approximate surface area is 144 Å². The van der Waals surface area contributed by atoms with Crippen molar-refractivity contribution in [2.24, 2.45) is 5.92 Å². The first-order valence-electron chi connectivity index (χ1n) is 9.19. The highest BCUT2D eigenvalue weighted by atomic mass is 16.5. The van der Waals surface area contributed by atoms with Crippen LogP contribution in [0.2, 0.25) is 0 Å². The van der Waals surface area contributed by atoms with Gasteiger partial charge in [0.15, 0.2) is 0 Å². The summed E-state index contributed by atoms with van der Waals surface area (Å²) in [6.45, 7) is 6.52. The molecule has 2 amide bonds. The first-order valence-corrected chi connectivity index (χ1v) is 9.19. The first-order chi connectivity index (χ1) is 11.7. The van der Waals surface area contributed by atoms with E-state index in [1.165, 1.54) is 11.3 Å². The maximum Gasteiger partial charge on any atom is 0.315 e. The third-order valence-electron chi connectivity index (χ3n) is 5.21. The van der Waals surface area contributed by atoms with Gasteiger partial charge in [-0.3, -0.25) is 0 Å². The van der Waals surface area contributed by atoms with E-state index in [2.05, 4.69) is 46.7 Å².